The topological polar surface area (TPSA) is 220 Å². The van der Waals surface area contributed by atoms with Crippen LogP contribution in [0.25, 0.3) is 0 Å². The van der Waals surface area contributed by atoms with E-state index in [1.165, 1.54) is 0 Å². The standard InChI is InChI=1S/6CHN.Fe.H3O4P/c6*1-2;;1-5(2,3)4/h6*1H;;(H3,1,2,3,4). The average molecular weight is 316 g/mol. The fourth-order valence-corrected chi connectivity index (χ4v) is 0. The molecule has 0 heterocycles. The van der Waals surface area contributed by atoms with Crippen molar-refractivity contribution >= 4 is 7.82 Å². The number of nitriles is 6. The molecular weight excluding hydrogens is 307 g/mol. The molecule has 0 rings (SSSR count). The molecule has 0 fully saturated rings. The van der Waals surface area contributed by atoms with E-state index in [2.05, 4.69) is 39.4 Å². The second kappa shape index (κ2) is 211. The first-order valence-electron chi connectivity index (χ1n) is 2.33. The Bertz CT molecular complexity index is 210. The number of rotatable bonds is 0. The van der Waals surface area contributed by atoms with Gasteiger partial charge in [-0.2, -0.15) is 0 Å². The number of hydrogen-bond donors (Lipinski definition) is 3. The Morgan fingerprint density at radius 2 is 0.556 bits per heavy atom. The summed E-state index contributed by atoms with van der Waals surface area (Å²) >= 11 is 0. The maximum absolute atomic E-state index is 8.88. The number of phosphoric acid groups is 1. The first kappa shape index (κ1) is 57.7. The molecule has 0 spiro atoms. The van der Waals surface area contributed by atoms with Crippen LogP contribution in [-0.4, -0.2) is 14.7 Å². The van der Waals surface area contributed by atoms with E-state index in [-0.39, 0.29) is 17.1 Å². The van der Waals surface area contributed by atoms with E-state index in [4.69, 9.17) is 50.8 Å². The van der Waals surface area contributed by atoms with E-state index in [0.29, 0.717) is 0 Å². The van der Waals surface area contributed by atoms with Crippen LogP contribution < -0.4 is 0 Å². The summed E-state index contributed by atoms with van der Waals surface area (Å²) in [5, 5.41) is 39.0. The molecular formula is C6H9FeN6O4P. The molecule has 0 aliphatic carbocycles. The first-order chi connectivity index (χ1) is 8.00. The van der Waals surface area contributed by atoms with Crippen molar-refractivity contribution in [3.63, 3.8) is 0 Å². The summed E-state index contributed by atoms with van der Waals surface area (Å²) in [6, 6.07) is 0. The number of hydrogen-bond acceptors (Lipinski definition) is 7. The van der Waals surface area contributed by atoms with Gasteiger partial charge < -0.3 is 14.7 Å². The van der Waals surface area contributed by atoms with Crippen LogP contribution in [0.1, 0.15) is 0 Å². The minimum absolute atomic E-state index is 0. The van der Waals surface area contributed by atoms with Crippen LogP contribution in [0.4, 0.5) is 0 Å². The van der Waals surface area contributed by atoms with E-state index < -0.39 is 7.82 Å². The predicted molar refractivity (Wildman–Crippen MR) is 54.3 cm³/mol. The minimum Gasteiger partial charge on any atom is -0.303 e. The van der Waals surface area contributed by atoms with Gasteiger partial charge in [0.25, 0.3) is 0 Å². The normalized spacial score (nSPS) is 3.94. The molecule has 12 heteroatoms. The molecule has 0 atom stereocenters. The third-order valence-electron chi connectivity index (χ3n) is 0. The molecule has 0 unspecified atom stereocenters. The predicted octanol–water partition coefficient (Wildman–Crippen LogP) is -0.0924. The summed E-state index contributed by atoms with van der Waals surface area (Å²) in [7, 11) is -4.64. The molecule has 100 valence electrons. The molecule has 18 heavy (non-hydrogen) atoms. The van der Waals surface area contributed by atoms with Crippen molar-refractivity contribution in [2.45, 2.75) is 0 Å². The minimum atomic E-state index is -4.64. The summed E-state index contributed by atoms with van der Waals surface area (Å²) < 4.78 is 8.88. The molecule has 0 aliphatic heterocycles. The zero-order valence-corrected chi connectivity index (χ0v) is 10.7. The van der Waals surface area contributed by atoms with Crippen LogP contribution in [-0.2, 0) is 21.6 Å². The quantitative estimate of drug-likeness (QED) is 0.397. The molecule has 0 aromatic heterocycles. The monoisotopic (exact) mass is 316 g/mol. The first-order valence-corrected chi connectivity index (χ1v) is 3.90. The zero-order chi connectivity index (χ0) is 16.5. The van der Waals surface area contributed by atoms with Gasteiger partial charge in [-0.15, -0.1) is 0 Å². The second-order valence-electron chi connectivity index (χ2n) is 0.513. The molecule has 10 nitrogen and oxygen atoms in total. The van der Waals surface area contributed by atoms with Gasteiger partial charge in [0.15, 0.2) is 0 Å². The largest absolute Gasteiger partial charge is 0.466 e. The summed E-state index contributed by atoms with van der Waals surface area (Å²) in [6.07, 6.45) is 0. The smallest absolute Gasteiger partial charge is 0.303 e. The van der Waals surface area contributed by atoms with Crippen molar-refractivity contribution in [2.75, 3.05) is 0 Å². The van der Waals surface area contributed by atoms with E-state index in [1.54, 1.807) is 0 Å². The van der Waals surface area contributed by atoms with Crippen molar-refractivity contribution < 1.29 is 36.3 Å². The van der Waals surface area contributed by atoms with Crippen LogP contribution in [0.3, 0.4) is 0 Å². The second-order valence-corrected chi connectivity index (χ2v) is 1.54. The molecule has 0 aliphatic rings. The summed E-state index contributed by atoms with van der Waals surface area (Å²) in [5.41, 5.74) is 0. The van der Waals surface area contributed by atoms with Crippen molar-refractivity contribution in [3.8, 4) is 39.4 Å². The Kier molecular flexibility index (Phi) is 675. The fraction of sp³-hybridized carbons (Fsp3) is 0. The van der Waals surface area contributed by atoms with Crippen LogP contribution in [0, 0.1) is 71.0 Å². The summed E-state index contributed by atoms with van der Waals surface area (Å²) in [4.78, 5) is 21.6. The van der Waals surface area contributed by atoms with E-state index in [1.807, 2.05) is 0 Å². The van der Waals surface area contributed by atoms with Gasteiger partial charge in [-0.3, -0.25) is 0 Å². The van der Waals surface area contributed by atoms with E-state index >= 15 is 0 Å². The molecule has 0 bridgehead atoms. The van der Waals surface area contributed by atoms with Gasteiger partial charge in [-0.05, 0) is 0 Å². The Labute approximate surface area is 115 Å². The average Bonchev–Trinajstić information content (AvgIpc) is 2.41. The van der Waals surface area contributed by atoms with Crippen molar-refractivity contribution in [1.29, 1.82) is 31.6 Å². The van der Waals surface area contributed by atoms with Gasteiger partial charge in [-0.25, -0.2) is 36.1 Å². The van der Waals surface area contributed by atoms with Crippen LogP contribution in [0.5, 0.6) is 0 Å². The van der Waals surface area contributed by atoms with Gasteiger partial charge in [0.05, 0.1) is 0 Å². The number of nitrogens with zero attached hydrogens (tertiary/aromatic N) is 6. The SMILES string of the molecule is C#N.C#N.C#N.C#N.C#N.C#N.O=P(O)(O)O.[Fe]. The van der Waals surface area contributed by atoms with Crippen molar-refractivity contribution in [2.24, 2.45) is 0 Å². The fourth-order valence-electron chi connectivity index (χ4n) is 0. The van der Waals surface area contributed by atoms with Crippen molar-refractivity contribution in [1.82, 2.24) is 0 Å². The van der Waals surface area contributed by atoms with Gasteiger partial charge in [0.1, 0.15) is 0 Å². The molecule has 0 aromatic carbocycles. The Hall–Kier alpha value is -2.43. The summed E-state index contributed by atoms with van der Waals surface area (Å²) in [5.74, 6) is 0. The Balaban J connectivity index is -0.0000000114. The Morgan fingerprint density at radius 1 is 0.556 bits per heavy atom. The molecule has 0 aromatic rings. The van der Waals surface area contributed by atoms with Crippen molar-refractivity contribution in [3.05, 3.63) is 0 Å². The van der Waals surface area contributed by atoms with Crippen LogP contribution in [0.2, 0.25) is 0 Å². The maximum atomic E-state index is 8.88. The van der Waals surface area contributed by atoms with Crippen LogP contribution in [0.15, 0.2) is 0 Å². The molecule has 3 N–H and O–H groups in total. The van der Waals surface area contributed by atoms with E-state index in [9.17, 15) is 0 Å². The van der Waals surface area contributed by atoms with Gasteiger partial charge in [0.2, 0.25) is 0 Å². The van der Waals surface area contributed by atoms with Gasteiger partial charge in [-0.1, -0.05) is 0 Å². The summed E-state index contributed by atoms with van der Waals surface area (Å²) in [6.45, 7) is 21.0. The van der Waals surface area contributed by atoms with Gasteiger partial charge >= 0.3 is 7.82 Å². The third-order valence-corrected chi connectivity index (χ3v) is 0. The third kappa shape index (κ3) is 363. The van der Waals surface area contributed by atoms with Crippen LogP contribution >= 0.6 is 7.82 Å². The zero-order valence-electron chi connectivity index (χ0n) is 8.70. The molecule has 0 radical (unpaired) electrons. The maximum Gasteiger partial charge on any atom is 0.466 e. The Morgan fingerprint density at radius 3 is 0.556 bits per heavy atom. The molecule has 0 saturated heterocycles. The van der Waals surface area contributed by atoms with Gasteiger partial charge in [0, 0.05) is 56.5 Å². The van der Waals surface area contributed by atoms with E-state index in [0.717, 1.165) is 0 Å². The molecule has 0 saturated carbocycles. The molecule has 0 amide bonds.